The van der Waals surface area contributed by atoms with Gasteiger partial charge in [0.2, 0.25) is 10.0 Å². The monoisotopic (exact) mass is 367 g/mol. The highest BCUT2D eigenvalue weighted by Crippen LogP contribution is 2.29. The van der Waals surface area contributed by atoms with Crippen molar-refractivity contribution in [2.24, 2.45) is 5.14 Å². The smallest absolute Gasteiger partial charge is 0.238 e. The normalized spacial score (nSPS) is 11.5. The number of nitrogens with zero attached hydrogens (tertiary/aromatic N) is 1. The largest absolute Gasteiger partial charge is 0.332 e. The molecular weight excluding hydrogens is 356 g/mol. The van der Waals surface area contributed by atoms with Gasteiger partial charge in [0.05, 0.1) is 10.6 Å². The van der Waals surface area contributed by atoms with Gasteiger partial charge in [-0.2, -0.15) is 0 Å². The number of aromatic nitrogens is 1. The van der Waals surface area contributed by atoms with Crippen LogP contribution in [0, 0.1) is 11.6 Å². The third kappa shape index (κ3) is 3.58. The summed E-state index contributed by atoms with van der Waals surface area (Å²) in [6.07, 6.45) is 0. The molecule has 0 radical (unpaired) electrons. The highest BCUT2D eigenvalue weighted by molar-refractivity contribution is 7.89. The van der Waals surface area contributed by atoms with Crippen LogP contribution in [0.25, 0.3) is 11.3 Å². The summed E-state index contributed by atoms with van der Waals surface area (Å²) in [6, 6.07) is 8.94. The number of rotatable bonds is 4. The Morgan fingerprint density at radius 1 is 1.08 bits per heavy atom. The summed E-state index contributed by atoms with van der Waals surface area (Å²) >= 11 is 1.21. The molecular formula is C15H11F2N3O2S2. The van der Waals surface area contributed by atoms with Gasteiger partial charge < -0.3 is 5.32 Å². The maximum absolute atomic E-state index is 13.8. The molecule has 0 saturated heterocycles. The van der Waals surface area contributed by atoms with Crippen LogP contribution in [0.15, 0.2) is 52.7 Å². The van der Waals surface area contributed by atoms with Crippen LogP contribution in [0.1, 0.15) is 0 Å². The first-order valence-electron chi connectivity index (χ1n) is 6.64. The van der Waals surface area contributed by atoms with Crippen molar-refractivity contribution in [3.8, 4) is 11.3 Å². The Bertz CT molecular complexity index is 986. The Morgan fingerprint density at radius 2 is 1.79 bits per heavy atom. The zero-order chi connectivity index (χ0) is 17.3. The molecule has 0 unspecified atom stereocenters. The summed E-state index contributed by atoms with van der Waals surface area (Å²) in [5, 5.41) is 10.0. The van der Waals surface area contributed by atoms with E-state index in [0.29, 0.717) is 16.5 Å². The molecule has 9 heteroatoms. The molecule has 24 heavy (non-hydrogen) atoms. The second kappa shape index (κ2) is 6.27. The zero-order valence-corrected chi connectivity index (χ0v) is 13.7. The van der Waals surface area contributed by atoms with E-state index in [9.17, 15) is 17.2 Å². The Labute approximate surface area is 140 Å². The first-order valence-corrected chi connectivity index (χ1v) is 9.06. The fourth-order valence-corrected chi connectivity index (χ4v) is 3.25. The lowest BCUT2D eigenvalue weighted by molar-refractivity contribution is 0.598. The molecule has 3 N–H and O–H groups in total. The summed E-state index contributed by atoms with van der Waals surface area (Å²) in [5.74, 6) is -1.11. The maximum atomic E-state index is 13.8. The van der Waals surface area contributed by atoms with E-state index in [4.69, 9.17) is 5.14 Å². The third-order valence-electron chi connectivity index (χ3n) is 3.14. The molecule has 124 valence electrons. The summed E-state index contributed by atoms with van der Waals surface area (Å²) in [7, 11) is -3.75. The van der Waals surface area contributed by atoms with Crippen molar-refractivity contribution < 1.29 is 17.2 Å². The predicted molar refractivity (Wildman–Crippen MR) is 88.6 cm³/mol. The minimum absolute atomic E-state index is 0.00490. The van der Waals surface area contributed by atoms with Gasteiger partial charge >= 0.3 is 0 Å². The molecule has 3 aromatic rings. The molecule has 0 aliphatic heterocycles. The third-order valence-corrected chi connectivity index (χ3v) is 4.83. The highest BCUT2D eigenvalue weighted by Gasteiger charge is 2.11. The van der Waals surface area contributed by atoms with Crippen LogP contribution in [0.2, 0.25) is 0 Å². The van der Waals surface area contributed by atoms with Crippen LogP contribution in [-0.4, -0.2) is 13.4 Å². The second-order valence-corrected chi connectivity index (χ2v) is 7.28. The molecule has 0 saturated carbocycles. The minimum Gasteiger partial charge on any atom is -0.332 e. The summed E-state index contributed by atoms with van der Waals surface area (Å²) < 4.78 is 49.4. The van der Waals surface area contributed by atoms with Crippen LogP contribution in [-0.2, 0) is 10.0 Å². The molecule has 0 spiro atoms. The van der Waals surface area contributed by atoms with Crippen LogP contribution in [0.5, 0.6) is 0 Å². The number of anilines is 2. The van der Waals surface area contributed by atoms with Gasteiger partial charge in [0.15, 0.2) is 5.13 Å². The van der Waals surface area contributed by atoms with Crippen molar-refractivity contribution in [2.45, 2.75) is 4.90 Å². The number of halogens is 2. The number of hydrogen-bond acceptors (Lipinski definition) is 5. The van der Waals surface area contributed by atoms with Gasteiger partial charge in [-0.1, -0.05) is 0 Å². The zero-order valence-electron chi connectivity index (χ0n) is 12.0. The van der Waals surface area contributed by atoms with Crippen LogP contribution in [0.4, 0.5) is 19.6 Å². The SMILES string of the molecule is NS(=O)(=O)c1ccc(Nc2nc(-c3cc(F)ccc3F)cs2)cc1. The molecule has 3 rings (SSSR count). The fraction of sp³-hybridized carbons (Fsp3) is 0. The van der Waals surface area contributed by atoms with Crippen molar-refractivity contribution in [1.29, 1.82) is 0 Å². The summed E-state index contributed by atoms with van der Waals surface area (Å²) in [5.41, 5.74) is 0.965. The molecule has 5 nitrogen and oxygen atoms in total. The van der Waals surface area contributed by atoms with E-state index in [2.05, 4.69) is 10.3 Å². The van der Waals surface area contributed by atoms with Gasteiger partial charge in [0.25, 0.3) is 0 Å². The molecule has 0 amide bonds. The van der Waals surface area contributed by atoms with Gasteiger partial charge in [-0.05, 0) is 42.5 Å². The Morgan fingerprint density at radius 3 is 2.46 bits per heavy atom. The lowest BCUT2D eigenvalue weighted by Gasteiger charge is -2.04. The number of thiazole rings is 1. The standard InChI is InChI=1S/C15H11F2N3O2S2/c16-9-1-6-13(17)12(7-9)14-8-23-15(20-14)19-10-2-4-11(5-3-10)24(18,21)22/h1-8H,(H,19,20)(H2,18,21,22). The van der Waals surface area contributed by atoms with E-state index in [1.807, 2.05) is 0 Å². The Hall–Kier alpha value is -2.36. The number of nitrogens with one attached hydrogen (secondary N) is 1. The molecule has 2 aromatic carbocycles. The number of sulfonamides is 1. The van der Waals surface area contributed by atoms with Gasteiger partial charge in [-0.25, -0.2) is 27.3 Å². The first-order chi connectivity index (χ1) is 11.3. The van der Waals surface area contributed by atoms with E-state index in [-0.39, 0.29) is 10.5 Å². The fourth-order valence-electron chi connectivity index (χ4n) is 2.00. The van der Waals surface area contributed by atoms with E-state index in [1.54, 1.807) is 5.38 Å². The second-order valence-electron chi connectivity index (χ2n) is 4.86. The lowest BCUT2D eigenvalue weighted by atomic mass is 10.1. The highest BCUT2D eigenvalue weighted by atomic mass is 32.2. The molecule has 0 atom stereocenters. The van der Waals surface area contributed by atoms with Crippen molar-refractivity contribution >= 4 is 32.2 Å². The molecule has 0 aliphatic rings. The number of benzene rings is 2. The topological polar surface area (TPSA) is 85.1 Å². The predicted octanol–water partition coefficient (Wildman–Crippen LogP) is 3.48. The molecule has 0 fully saturated rings. The quantitative estimate of drug-likeness (QED) is 0.739. The average molecular weight is 367 g/mol. The van der Waals surface area contributed by atoms with Gasteiger partial charge in [0, 0.05) is 16.6 Å². The Kier molecular flexibility index (Phi) is 4.31. The van der Waals surface area contributed by atoms with Crippen molar-refractivity contribution in [2.75, 3.05) is 5.32 Å². The lowest BCUT2D eigenvalue weighted by Crippen LogP contribution is -2.11. The van der Waals surface area contributed by atoms with Crippen LogP contribution < -0.4 is 10.5 Å². The molecule has 0 bridgehead atoms. The van der Waals surface area contributed by atoms with Crippen LogP contribution >= 0.6 is 11.3 Å². The number of nitrogens with two attached hydrogens (primary N) is 1. The van der Waals surface area contributed by atoms with Crippen molar-refractivity contribution in [3.05, 3.63) is 59.5 Å². The first kappa shape index (κ1) is 16.5. The number of primary sulfonamides is 1. The van der Waals surface area contributed by atoms with Crippen molar-refractivity contribution in [1.82, 2.24) is 4.98 Å². The van der Waals surface area contributed by atoms with Gasteiger partial charge in [0.1, 0.15) is 11.6 Å². The van der Waals surface area contributed by atoms with E-state index >= 15 is 0 Å². The average Bonchev–Trinajstić information content (AvgIpc) is 2.97. The molecule has 1 aromatic heterocycles. The summed E-state index contributed by atoms with van der Waals surface area (Å²) in [4.78, 5) is 4.20. The Balaban J connectivity index is 1.83. The molecule has 1 heterocycles. The number of hydrogen-bond donors (Lipinski definition) is 2. The van der Waals surface area contributed by atoms with E-state index in [1.165, 1.54) is 35.6 Å². The maximum Gasteiger partial charge on any atom is 0.238 e. The van der Waals surface area contributed by atoms with Crippen molar-refractivity contribution in [3.63, 3.8) is 0 Å². The van der Waals surface area contributed by atoms with Gasteiger partial charge in [-0.3, -0.25) is 0 Å². The minimum atomic E-state index is -3.75. The summed E-state index contributed by atoms with van der Waals surface area (Å²) in [6.45, 7) is 0. The van der Waals surface area contributed by atoms with E-state index < -0.39 is 21.7 Å². The van der Waals surface area contributed by atoms with Crippen LogP contribution in [0.3, 0.4) is 0 Å². The van der Waals surface area contributed by atoms with E-state index in [0.717, 1.165) is 18.2 Å². The molecule has 0 aliphatic carbocycles. The van der Waals surface area contributed by atoms with Gasteiger partial charge in [-0.15, -0.1) is 11.3 Å².